The molecule has 1 aromatic carbocycles. The molecule has 0 aromatic heterocycles. The van der Waals surface area contributed by atoms with Gasteiger partial charge in [0, 0.05) is 21.6 Å². The fourth-order valence-electron chi connectivity index (χ4n) is 0.818. The van der Waals surface area contributed by atoms with Gasteiger partial charge in [0.05, 0.1) is 11.1 Å². The summed E-state index contributed by atoms with van der Waals surface area (Å²) in [6, 6.07) is 5.24. The number of rotatable bonds is 4. The molecule has 0 radical (unpaired) electrons. The first-order valence-electron chi connectivity index (χ1n) is 3.95. The van der Waals surface area contributed by atoms with Crippen LogP contribution in [-0.2, 0) is 0 Å². The van der Waals surface area contributed by atoms with Crippen molar-refractivity contribution in [1.29, 1.82) is 0 Å². The van der Waals surface area contributed by atoms with Crippen LogP contribution in [0.2, 0.25) is 10.0 Å². The topological polar surface area (TPSA) is 20.2 Å². The lowest BCUT2D eigenvalue weighted by atomic mass is 10.4. The molecule has 1 unspecified atom stereocenters. The first kappa shape index (κ1) is 12.5. The molecule has 1 rings (SSSR count). The predicted octanol–water partition coefficient (Wildman–Crippen LogP) is 3.69. The smallest absolute Gasteiger partial charge is 0.0769 e. The number of thioether (sulfide) groups is 1. The Morgan fingerprint density at radius 2 is 2.07 bits per heavy atom. The molecule has 1 aromatic rings. The van der Waals surface area contributed by atoms with Gasteiger partial charge in [-0.05, 0) is 18.2 Å². The lowest BCUT2D eigenvalue weighted by Crippen LogP contribution is -2.10. The van der Waals surface area contributed by atoms with Gasteiger partial charge in [0.15, 0.2) is 0 Å². The Labute approximate surface area is 102 Å². The van der Waals surface area contributed by atoms with E-state index in [4.69, 9.17) is 34.8 Å². The van der Waals surface area contributed by atoms with Gasteiger partial charge in [0.25, 0.3) is 0 Å². The predicted molar refractivity (Wildman–Crippen MR) is 63.9 cm³/mol. The van der Waals surface area contributed by atoms with Crippen LogP contribution in [0.15, 0.2) is 23.1 Å². The molecular weight excluding hydrogens is 263 g/mol. The van der Waals surface area contributed by atoms with Crippen molar-refractivity contribution in [3.63, 3.8) is 0 Å². The van der Waals surface area contributed by atoms with Crippen molar-refractivity contribution in [2.75, 3.05) is 11.6 Å². The molecule has 0 saturated heterocycles. The van der Waals surface area contributed by atoms with Crippen molar-refractivity contribution in [3.05, 3.63) is 28.2 Å². The third-order valence-corrected chi connectivity index (χ3v) is 3.74. The number of benzene rings is 1. The fourth-order valence-corrected chi connectivity index (χ4v) is 2.48. The third-order valence-electron chi connectivity index (χ3n) is 1.50. The first-order chi connectivity index (χ1) is 6.63. The Hall–Kier alpha value is 0.400. The molecule has 5 heteroatoms. The lowest BCUT2D eigenvalue weighted by molar-refractivity contribution is 0.223. The molecule has 0 heterocycles. The third kappa shape index (κ3) is 3.87. The van der Waals surface area contributed by atoms with Gasteiger partial charge in [0.2, 0.25) is 0 Å². The highest BCUT2D eigenvalue weighted by Crippen LogP contribution is 2.30. The molecule has 0 spiro atoms. The van der Waals surface area contributed by atoms with Crippen molar-refractivity contribution in [1.82, 2.24) is 0 Å². The van der Waals surface area contributed by atoms with E-state index in [0.29, 0.717) is 15.8 Å². The molecule has 1 atom stereocenters. The zero-order valence-corrected chi connectivity index (χ0v) is 10.3. The van der Waals surface area contributed by atoms with Crippen LogP contribution >= 0.6 is 46.6 Å². The molecule has 0 fully saturated rings. The van der Waals surface area contributed by atoms with Crippen LogP contribution in [0.3, 0.4) is 0 Å². The number of aliphatic hydroxyl groups is 1. The first-order valence-corrected chi connectivity index (χ1v) is 6.23. The summed E-state index contributed by atoms with van der Waals surface area (Å²) in [5.74, 6) is 0.745. The minimum atomic E-state index is -0.517. The maximum atomic E-state index is 9.25. The summed E-state index contributed by atoms with van der Waals surface area (Å²) in [6.45, 7) is 0. The average Bonchev–Trinajstić information content (AvgIpc) is 2.19. The maximum Gasteiger partial charge on any atom is 0.0769 e. The summed E-state index contributed by atoms with van der Waals surface area (Å²) >= 11 is 18.6. The van der Waals surface area contributed by atoms with Crippen molar-refractivity contribution < 1.29 is 5.11 Å². The van der Waals surface area contributed by atoms with Crippen LogP contribution in [-0.4, -0.2) is 22.8 Å². The zero-order chi connectivity index (χ0) is 10.6. The van der Waals surface area contributed by atoms with E-state index in [1.807, 2.05) is 0 Å². The minimum Gasteiger partial charge on any atom is -0.391 e. The molecule has 78 valence electrons. The Morgan fingerprint density at radius 1 is 1.36 bits per heavy atom. The monoisotopic (exact) mass is 270 g/mol. The number of aliphatic hydroxyl groups excluding tert-OH is 1. The summed E-state index contributed by atoms with van der Waals surface area (Å²) in [6.07, 6.45) is -0.517. The minimum absolute atomic E-state index is 0.227. The van der Waals surface area contributed by atoms with Gasteiger partial charge in [-0.15, -0.1) is 23.4 Å². The van der Waals surface area contributed by atoms with Crippen LogP contribution in [0.1, 0.15) is 0 Å². The van der Waals surface area contributed by atoms with E-state index in [1.54, 1.807) is 18.2 Å². The molecular formula is C9H9Cl3OS. The summed E-state index contributed by atoms with van der Waals surface area (Å²) in [5.41, 5.74) is 0. The molecule has 0 aliphatic carbocycles. The molecule has 0 bridgehead atoms. The van der Waals surface area contributed by atoms with Gasteiger partial charge in [-0.1, -0.05) is 23.2 Å². The van der Waals surface area contributed by atoms with E-state index >= 15 is 0 Å². The number of hydrogen-bond donors (Lipinski definition) is 1. The number of alkyl halides is 1. The van der Waals surface area contributed by atoms with Crippen LogP contribution in [0.5, 0.6) is 0 Å². The van der Waals surface area contributed by atoms with Crippen LogP contribution < -0.4 is 0 Å². The molecule has 0 amide bonds. The van der Waals surface area contributed by atoms with Gasteiger partial charge < -0.3 is 5.11 Å². The molecule has 0 aliphatic heterocycles. The van der Waals surface area contributed by atoms with Crippen LogP contribution in [0.25, 0.3) is 0 Å². The zero-order valence-electron chi connectivity index (χ0n) is 7.21. The Balaban J connectivity index is 2.62. The van der Waals surface area contributed by atoms with E-state index < -0.39 is 6.10 Å². The summed E-state index contributed by atoms with van der Waals surface area (Å²) in [4.78, 5) is 0.864. The largest absolute Gasteiger partial charge is 0.391 e. The Kier molecular flexibility index (Phi) is 5.42. The van der Waals surface area contributed by atoms with Gasteiger partial charge in [-0.25, -0.2) is 0 Å². The van der Waals surface area contributed by atoms with E-state index in [1.165, 1.54) is 11.8 Å². The highest BCUT2D eigenvalue weighted by Gasteiger charge is 2.06. The van der Waals surface area contributed by atoms with Crippen LogP contribution in [0, 0.1) is 0 Å². The lowest BCUT2D eigenvalue weighted by Gasteiger charge is -2.07. The van der Waals surface area contributed by atoms with Gasteiger partial charge >= 0.3 is 0 Å². The van der Waals surface area contributed by atoms with E-state index in [2.05, 4.69) is 0 Å². The van der Waals surface area contributed by atoms with Gasteiger partial charge in [-0.2, -0.15) is 0 Å². The Morgan fingerprint density at radius 3 is 2.71 bits per heavy atom. The maximum absolute atomic E-state index is 9.25. The second-order valence-corrected chi connectivity index (χ2v) is 4.91. The van der Waals surface area contributed by atoms with Gasteiger partial charge in [-0.3, -0.25) is 0 Å². The molecule has 0 saturated carbocycles. The standard InChI is InChI=1S/C9H9Cl3OS/c10-4-7(13)5-14-9-3-6(11)1-2-8(9)12/h1-3,7,13H,4-5H2. The summed E-state index contributed by atoms with van der Waals surface area (Å²) in [7, 11) is 0. The van der Waals surface area contributed by atoms with Crippen molar-refractivity contribution >= 4 is 46.6 Å². The highest BCUT2D eigenvalue weighted by molar-refractivity contribution is 7.99. The van der Waals surface area contributed by atoms with Crippen molar-refractivity contribution in [3.8, 4) is 0 Å². The SMILES string of the molecule is OC(CCl)CSc1cc(Cl)ccc1Cl. The van der Waals surface area contributed by atoms with E-state index in [0.717, 1.165) is 4.90 Å². The molecule has 14 heavy (non-hydrogen) atoms. The number of halogens is 3. The second kappa shape index (κ2) is 6.09. The highest BCUT2D eigenvalue weighted by atomic mass is 35.5. The summed E-state index contributed by atoms with van der Waals surface area (Å²) < 4.78 is 0. The Bertz CT molecular complexity index is 306. The second-order valence-electron chi connectivity index (χ2n) is 2.69. The molecule has 0 aliphatic rings. The normalized spacial score (nSPS) is 12.9. The van der Waals surface area contributed by atoms with Crippen LogP contribution in [0.4, 0.5) is 0 Å². The van der Waals surface area contributed by atoms with Gasteiger partial charge in [0.1, 0.15) is 0 Å². The van der Waals surface area contributed by atoms with E-state index in [-0.39, 0.29) is 5.88 Å². The number of hydrogen-bond acceptors (Lipinski definition) is 2. The molecule has 1 nitrogen and oxygen atoms in total. The van der Waals surface area contributed by atoms with Crippen molar-refractivity contribution in [2.45, 2.75) is 11.0 Å². The summed E-state index contributed by atoms with van der Waals surface area (Å²) in [5, 5.41) is 10.5. The fraction of sp³-hybridized carbons (Fsp3) is 0.333. The quantitative estimate of drug-likeness (QED) is 0.666. The van der Waals surface area contributed by atoms with Crippen molar-refractivity contribution in [2.24, 2.45) is 0 Å². The van der Waals surface area contributed by atoms with E-state index in [9.17, 15) is 5.11 Å². The average molecular weight is 272 g/mol. The molecule has 1 N–H and O–H groups in total.